The largest absolute Gasteiger partial charge is 0.356 e. The van der Waals surface area contributed by atoms with E-state index in [-0.39, 0.29) is 23.7 Å². The van der Waals surface area contributed by atoms with Crippen molar-refractivity contribution in [2.75, 3.05) is 18.0 Å². The minimum atomic E-state index is -0.335. The Morgan fingerprint density at radius 3 is 2.64 bits per heavy atom. The Kier molecular flexibility index (Phi) is 5.16. The Morgan fingerprint density at radius 1 is 1.24 bits per heavy atom. The van der Waals surface area contributed by atoms with Crippen molar-refractivity contribution in [2.24, 2.45) is 11.8 Å². The first-order valence-corrected chi connectivity index (χ1v) is 8.92. The molecule has 1 atom stereocenters. The van der Waals surface area contributed by atoms with Gasteiger partial charge in [0.15, 0.2) is 0 Å². The standard InChI is InChI=1S/C19H25FN4O/c1-12(2)13(3)23-19(25)14-7-9-24(10-8-14)18-15-5-4-6-16(20)17(15)21-11-22-18/h4-6,11-14H,7-10H2,1-3H3,(H,23,25). The highest BCUT2D eigenvalue weighted by Crippen LogP contribution is 2.28. The first-order valence-electron chi connectivity index (χ1n) is 8.92. The van der Waals surface area contributed by atoms with Gasteiger partial charge in [0.25, 0.3) is 0 Å². The molecule has 0 aliphatic carbocycles. The molecule has 3 rings (SSSR count). The van der Waals surface area contributed by atoms with Gasteiger partial charge in [-0.1, -0.05) is 19.9 Å². The number of amides is 1. The van der Waals surface area contributed by atoms with E-state index in [0.717, 1.165) is 37.1 Å². The van der Waals surface area contributed by atoms with Crippen LogP contribution in [0.5, 0.6) is 0 Å². The number of piperidine rings is 1. The van der Waals surface area contributed by atoms with E-state index in [1.807, 2.05) is 13.0 Å². The molecule has 1 aliphatic rings. The van der Waals surface area contributed by atoms with E-state index >= 15 is 0 Å². The summed E-state index contributed by atoms with van der Waals surface area (Å²) in [5, 5.41) is 3.83. The molecule has 1 aromatic heterocycles. The SMILES string of the molecule is CC(C)C(C)NC(=O)C1CCN(c2ncnc3c(F)cccc23)CC1. The van der Waals surface area contributed by atoms with Crippen LogP contribution in [0.15, 0.2) is 24.5 Å². The van der Waals surface area contributed by atoms with Gasteiger partial charge in [-0.2, -0.15) is 0 Å². The number of nitrogens with zero attached hydrogens (tertiary/aromatic N) is 3. The molecular formula is C19H25FN4O. The van der Waals surface area contributed by atoms with Crippen LogP contribution in [-0.2, 0) is 4.79 Å². The predicted octanol–water partition coefficient (Wildman–Crippen LogP) is 3.15. The second kappa shape index (κ2) is 7.33. The molecule has 1 unspecified atom stereocenters. The summed E-state index contributed by atoms with van der Waals surface area (Å²) in [7, 11) is 0. The maximum Gasteiger partial charge on any atom is 0.223 e. The van der Waals surface area contributed by atoms with Crippen molar-refractivity contribution in [3.8, 4) is 0 Å². The number of fused-ring (bicyclic) bond motifs is 1. The predicted molar refractivity (Wildman–Crippen MR) is 96.9 cm³/mol. The maximum absolute atomic E-state index is 13.9. The zero-order valence-corrected chi connectivity index (χ0v) is 15.0. The summed E-state index contributed by atoms with van der Waals surface area (Å²) in [6, 6.07) is 5.11. The van der Waals surface area contributed by atoms with E-state index in [0.29, 0.717) is 11.4 Å². The number of para-hydroxylation sites is 1. The average molecular weight is 344 g/mol. The van der Waals surface area contributed by atoms with Gasteiger partial charge in [-0.3, -0.25) is 4.79 Å². The van der Waals surface area contributed by atoms with Crippen molar-refractivity contribution in [2.45, 2.75) is 39.7 Å². The van der Waals surface area contributed by atoms with Gasteiger partial charge in [-0.25, -0.2) is 14.4 Å². The minimum Gasteiger partial charge on any atom is -0.356 e. The zero-order chi connectivity index (χ0) is 18.0. The van der Waals surface area contributed by atoms with Gasteiger partial charge < -0.3 is 10.2 Å². The summed E-state index contributed by atoms with van der Waals surface area (Å²) >= 11 is 0. The molecule has 0 spiro atoms. The number of hydrogen-bond donors (Lipinski definition) is 1. The second-order valence-electron chi connectivity index (χ2n) is 7.14. The van der Waals surface area contributed by atoms with Crippen LogP contribution in [0.3, 0.4) is 0 Å². The molecule has 1 aromatic carbocycles. The van der Waals surface area contributed by atoms with E-state index in [4.69, 9.17) is 0 Å². The molecule has 5 nitrogen and oxygen atoms in total. The number of hydrogen-bond acceptors (Lipinski definition) is 4. The van der Waals surface area contributed by atoms with Crippen LogP contribution in [0.25, 0.3) is 10.9 Å². The lowest BCUT2D eigenvalue weighted by atomic mass is 9.94. The molecule has 134 valence electrons. The molecule has 25 heavy (non-hydrogen) atoms. The van der Waals surface area contributed by atoms with E-state index in [2.05, 4.69) is 34.0 Å². The monoisotopic (exact) mass is 344 g/mol. The molecule has 2 heterocycles. The molecule has 0 saturated carbocycles. The van der Waals surface area contributed by atoms with Crippen LogP contribution < -0.4 is 10.2 Å². The van der Waals surface area contributed by atoms with Crippen molar-refractivity contribution < 1.29 is 9.18 Å². The van der Waals surface area contributed by atoms with Crippen LogP contribution in [-0.4, -0.2) is 35.0 Å². The summed E-state index contributed by atoms with van der Waals surface area (Å²) in [5.74, 6) is 1.00. The average Bonchev–Trinajstić information content (AvgIpc) is 2.61. The highest BCUT2D eigenvalue weighted by atomic mass is 19.1. The fourth-order valence-corrected chi connectivity index (χ4v) is 3.15. The number of carbonyl (C=O) groups is 1. The maximum atomic E-state index is 13.9. The molecule has 0 radical (unpaired) electrons. The molecule has 1 amide bonds. The van der Waals surface area contributed by atoms with Crippen LogP contribution in [0.1, 0.15) is 33.6 Å². The van der Waals surface area contributed by atoms with Crippen LogP contribution in [0, 0.1) is 17.7 Å². The van der Waals surface area contributed by atoms with Gasteiger partial charge in [0, 0.05) is 30.4 Å². The summed E-state index contributed by atoms with van der Waals surface area (Å²) in [5.41, 5.74) is 0.345. The topological polar surface area (TPSA) is 58.1 Å². The van der Waals surface area contributed by atoms with Crippen molar-refractivity contribution in [1.82, 2.24) is 15.3 Å². The van der Waals surface area contributed by atoms with E-state index in [1.165, 1.54) is 12.4 Å². The number of carbonyl (C=O) groups excluding carboxylic acids is 1. The minimum absolute atomic E-state index is 0.0299. The molecule has 1 fully saturated rings. The Hall–Kier alpha value is -2.24. The van der Waals surface area contributed by atoms with Gasteiger partial charge in [0.1, 0.15) is 23.5 Å². The number of aromatic nitrogens is 2. The highest BCUT2D eigenvalue weighted by Gasteiger charge is 2.27. The fourth-order valence-electron chi connectivity index (χ4n) is 3.15. The summed E-state index contributed by atoms with van der Waals surface area (Å²) in [6.45, 7) is 7.71. The number of anilines is 1. The third-order valence-corrected chi connectivity index (χ3v) is 5.13. The Morgan fingerprint density at radius 2 is 1.96 bits per heavy atom. The Balaban J connectivity index is 1.69. The first kappa shape index (κ1) is 17.6. The molecule has 1 N–H and O–H groups in total. The van der Waals surface area contributed by atoms with Crippen LogP contribution in [0.2, 0.25) is 0 Å². The Bertz CT molecular complexity index is 756. The van der Waals surface area contributed by atoms with Gasteiger partial charge >= 0.3 is 0 Å². The molecule has 0 bridgehead atoms. The number of halogens is 1. The molecular weight excluding hydrogens is 319 g/mol. The smallest absolute Gasteiger partial charge is 0.223 e. The van der Waals surface area contributed by atoms with Gasteiger partial charge in [-0.05, 0) is 37.8 Å². The van der Waals surface area contributed by atoms with Crippen LogP contribution >= 0.6 is 0 Å². The molecule has 2 aromatic rings. The lowest BCUT2D eigenvalue weighted by Gasteiger charge is -2.33. The van der Waals surface area contributed by atoms with Gasteiger partial charge in [-0.15, -0.1) is 0 Å². The number of benzene rings is 1. The number of nitrogens with one attached hydrogen (secondary N) is 1. The third-order valence-electron chi connectivity index (χ3n) is 5.13. The lowest BCUT2D eigenvalue weighted by molar-refractivity contribution is -0.126. The summed E-state index contributed by atoms with van der Waals surface area (Å²) < 4.78 is 13.9. The van der Waals surface area contributed by atoms with E-state index in [1.54, 1.807) is 6.07 Å². The normalized spacial score (nSPS) is 17.1. The summed E-state index contributed by atoms with van der Waals surface area (Å²) in [6.07, 6.45) is 2.96. The van der Waals surface area contributed by atoms with Gasteiger partial charge in [0.2, 0.25) is 5.91 Å². The van der Waals surface area contributed by atoms with Crippen LogP contribution in [0.4, 0.5) is 10.2 Å². The van der Waals surface area contributed by atoms with E-state index < -0.39 is 0 Å². The van der Waals surface area contributed by atoms with Crippen molar-refractivity contribution in [3.63, 3.8) is 0 Å². The van der Waals surface area contributed by atoms with Gasteiger partial charge in [0.05, 0.1) is 0 Å². The third kappa shape index (κ3) is 3.72. The van der Waals surface area contributed by atoms with Crippen molar-refractivity contribution in [1.29, 1.82) is 0 Å². The fraction of sp³-hybridized carbons (Fsp3) is 0.526. The molecule has 1 saturated heterocycles. The quantitative estimate of drug-likeness (QED) is 0.926. The number of rotatable bonds is 4. The highest BCUT2D eigenvalue weighted by molar-refractivity contribution is 5.89. The first-order chi connectivity index (χ1) is 12.0. The van der Waals surface area contributed by atoms with Crippen molar-refractivity contribution in [3.05, 3.63) is 30.3 Å². The summed E-state index contributed by atoms with van der Waals surface area (Å²) in [4.78, 5) is 22.9. The van der Waals surface area contributed by atoms with E-state index in [9.17, 15) is 9.18 Å². The lowest BCUT2D eigenvalue weighted by Crippen LogP contribution is -2.44. The zero-order valence-electron chi connectivity index (χ0n) is 15.0. The molecule has 6 heteroatoms. The second-order valence-corrected chi connectivity index (χ2v) is 7.14. The molecule has 1 aliphatic heterocycles. The Labute approximate surface area is 147 Å². The van der Waals surface area contributed by atoms with Crippen molar-refractivity contribution >= 4 is 22.6 Å².